The fourth-order valence-corrected chi connectivity index (χ4v) is 2.91. The van der Waals surface area contributed by atoms with Crippen LogP contribution in [0.2, 0.25) is 5.02 Å². The van der Waals surface area contributed by atoms with Crippen LogP contribution in [0.1, 0.15) is 22.2 Å². The number of nitrogens with zero attached hydrogens (tertiary/aromatic N) is 1. The second-order valence-corrected chi connectivity index (χ2v) is 4.95. The van der Waals surface area contributed by atoms with E-state index in [2.05, 4.69) is 4.98 Å². The zero-order valence-electron chi connectivity index (χ0n) is 9.61. The Morgan fingerprint density at radius 1 is 1.53 bits per heavy atom. The third kappa shape index (κ3) is 2.29. The van der Waals surface area contributed by atoms with Gasteiger partial charge in [0.15, 0.2) is 0 Å². The van der Waals surface area contributed by atoms with Crippen LogP contribution in [0.3, 0.4) is 0 Å². The number of pyridine rings is 1. The van der Waals surface area contributed by atoms with Crippen LogP contribution in [0.5, 0.6) is 5.75 Å². The quantitative estimate of drug-likeness (QED) is 0.930. The fourth-order valence-electron chi connectivity index (χ4n) is 1.59. The maximum atomic E-state index is 6.21. The van der Waals surface area contributed by atoms with Crippen LogP contribution in [-0.2, 0) is 0 Å². The Kier molecular flexibility index (Phi) is 3.66. The minimum absolute atomic E-state index is 0.350. The predicted octanol–water partition coefficient (Wildman–Crippen LogP) is 3.16. The summed E-state index contributed by atoms with van der Waals surface area (Å²) in [6.45, 7) is 1.96. The molecule has 0 saturated carbocycles. The molecular weight excluding hydrogens is 256 g/mol. The lowest BCUT2D eigenvalue weighted by molar-refractivity contribution is 0.405. The molecule has 0 aliphatic heterocycles. The van der Waals surface area contributed by atoms with Gasteiger partial charge in [0.1, 0.15) is 11.4 Å². The van der Waals surface area contributed by atoms with Crippen molar-refractivity contribution in [2.75, 3.05) is 7.11 Å². The average molecular weight is 269 g/mol. The molecule has 2 aromatic heterocycles. The molecule has 2 rings (SSSR count). The standard InChI is InChI=1S/C12H13ClN2OS/c1-7-6-17-12(9(7)13)10(14)11-8(16-2)4-3-5-15-11/h3-6,10H,14H2,1-2H3. The van der Waals surface area contributed by atoms with Crippen LogP contribution in [-0.4, -0.2) is 12.1 Å². The number of ether oxygens (including phenoxy) is 1. The van der Waals surface area contributed by atoms with Crippen LogP contribution in [0.4, 0.5) is 0 Å². The number of rotatable bonds is 3. The molecule has 1 unspecified atom stereocenters. The van der Waals surface area contributed by atoms with Crippen LogP contribution in [0.15, 0.2) is 23.7 Å². The predicted molar refractivity (Wildman–Crippen MR) is 70.9 cm³/mol. The van der Waals surface area contributed by atoms with E-state index in [1.807, 2.05) is 24.4 Å². The summed E-state index contributed by atoms with van der Waals surface area (Å²) in [5, 5.41) is 2.71. The van der Waals surface area contributed by atoms with Crippen molar-refractivity contribution in [2.24, 2.45) is 5.73 Å². The molecule has 17 heavy (non-hydrogen) atoms. The first kappa shape index (κ1) is 12.4. The first-order valence-corrected chi connectivity index (χ1v) is 6.39. The molecule has 0 fully saturated rings. The second kappa shape index (κ2) is 5.04. The Hall–Kier alpha value is -1.10. The minimum atomic E-state index is -0.350. The summed E-state index contributed by atoms with van der Waals surface area (Å²) in [7, 11) is 1.61. The van der Waals surface area contributed by atoms with Gasteiger partial charge in [-0.3, -0.25) is 4.98 Å². The lowest BCUT2D eigenvalue weighted by atomic mass is 10.1. The molecule has 2 aromatic rings. The molecule has 0 aliphatic carbocycles. The summed E-state index contributed by atoms with van der Waals surface area (Å²) < 4.78 is 5.25. The molecule has 0 saturated heterocycles. The Morgan fingerprint density at radius 3 is 2.88 bits per heavy atom. The van der Waals surface area contributed by atoms with Gasteiger partial charge in [0, 0.05) is 11.1 Å². The summed E-state index contributed by atoms with van der Waals surface area (Å²) in [4.78, 5) is 5.19. The Morgan fingerprint density at radius 2 is 2.29 bits per heavy atom. The Labute approximate surface area is 109 Å². The van der Waals surface area contributed by atoms with Crippen LogP contribution in [0.25, 0.3) is 0 Å². The highest BCUT2D eigenvalue weighted by Crippen LogP contribution is 2.36. The molecule has 0 bridgehead atoms. The number of halogens is 1. The lowest BCUT2D eigenvalue weighted by Gasteiger charge is -2.13. The van der Waals surface area contributed by atoms with Gasteiger partial charge in [-0.2, -0.15) is 0 Å². The lowest BCUT2D eigenvalue weighted by Crippen LogP contribution is -2.13. The maximum absolute atomic E-state index is 6.21. The minimum Gasteiger partial charge on any atom is -0.495 e. The first-order chi connectivity index (χ1) is 8.15. The van der Waals surface area contributed by atoms with E-state index in [4.69, 9.17) is 22.1 Å². The maximum Gasteiger partial charge on any atom is 0.142 e. The summed E-state index contributed by atoms with van der Waals surface area (Å²) in [5.74, 6) is 0.683. The second-order valence-electron chi connectivity index (χ2n) is 3.67. The molecule has 1 atom stereocenters. The number of aromatic nitrogens is 1. The Bertz CT molecular complexity index is 527. The normalized spacial score (nSPS) is 12.5. The zero-order valence-corrected chi connectivity index (χ0v) is 11.2. The van der Waals surface area contributed by atoms with Gasteiger partial charge in [-0.25, -0.2) is 0 Å². The molecule has 0 aliphatic rings. The summed E-state index contributed by atoms with van der Waals surface area (Å²) in [5.41, 5.74) is 7.94. The topological polar surface area (TPSA) is 48.1 Å². The van der Waals surface area contributed by atoms with Gasteiger partial charge in [0.25, 0.3) is 0 Å². The van der Waals surface area contributed by atoms with E-state index in [0.29, 0.717) is 11.4 Å². The van der Waals surface area contributed by atoms with Crippen molar-refractivity contribution in [3.05, 3.63) is 44.9 Å². The van der Waals surface area contributed by atoms with E-state index < -0.39 is 0 Å². The van der Waals surface area contributed by atoms with Crippen molar-refractivity contribution in [3.63, 3.8) is 0 Å². The van der Waals surface area contributed by atoms with E-state index in [1.165, 1.54) is 0 Å². The molecule has 0 radical (unpaired) electrons. The molecule has 3 nitrogen and oxygen atoms in total. The van der Waals surface area contributed by atoms with Crippen molar-refractivity contribution in [1.82, 2.24) is 4.98 Å². The highest BCUT2D eigenvalue weighted by atomic mass is 35.5. The van der Waals surface area contributed by atoms with E-state index in [0.717, 1.165) is 15.5 Å². The van der Waals surface area contributed by atoms with Crippen molar-refractivity contribution < 1.29 is 4.74 Å². The van der Waals surface area contributed by atoms with Crippen molar-refractivity contribution in [1.29, 1.82) is 0 Å². The smallest absolute Gasteiger partial charge is 0.142 e. The summed E-state index contributed by atoms with van der Waals surface area (Å²) in [6, 6.07) is 3.31. The molecule has 0 aromatic carbocycles. The summed E-state index contributed by atoms with van der Waals surface area (Å²) in [6.07, 6.45) is 1.70. The SMILES string of the molecule is COc1cccnc1C(N)c1scc(C)c1Cl. The van der Waals surface area contributed by atoms with Gasteiger partial charge in [-0.1, -0.05) is 11.6 Å². The van der Waals surface area contributed by atoms with E-state index in [-0.39, 0.29) is 6.04 Å². The third-order valence-corrected chi connectivity index (χ3v) is 4.32. The van der Waals surface area contributed by atoms with Crippen molar-refractivity contribution >= 4 is 22.9 Å². The molecule has 90 valence electrons. The summed E-state index contributed by atoms with van der Waals surface area (Å²) >= 11 is 7.76. The monoisotopic (exact) mass is 268 g/mol. The number of nitrogens with two attached hydrogens (primary N) is 1. The van der Waals surface area contributed by atoms with Crippen LogP contribution < -0.4 is 10.5 Å². The number of methoxy groups -OCH3 is 1. The highest BCUT2D eigenvalue weighted by molar-refractivity contribution is 7.10. The van der Waals surface area contributed by atoms with Crippen molar-refractivity contribution in [3.8, 4) is 5.75 Å². The highest BCUT2D eigenvalue weighted by Gasteiger charge is 2.20. The molecule has 0 amide bonds. The van der Waals surface area contributed by atoms with Gasteiger partial charge < -0.3 is 10.5 Å². The van der Waals surface area contributed by atoms with E-state index in [9.17, 15) is 0 Å². The zero-order chi connectivity index (χ0) is 12.4. The number of hydrogen-bond acceptors (Lipinski definition) is 4. The van der Waals surface area contributed by atoms with Gasteiger partial charge >= 0.3 is 0 Å². The first-order valence-electron chi connectivity index (χ1n) is 5.13. The van der Waals surface area contributed by atoms with E-state index in [1.54, 1.807) is 24.6 Å². The number of aryl methyl sites for hydroxylation is 1. The molecule has 2 N–H and O–H groups in total. The Balaban J connectivity index is 2.43. The molecule has 0 spiro atoms. The van der Waals surface area contributed by atoms with Crippen LogP contribution in [0, 0.1) is 6.92 Å². The molecule has 5 heteroatoms. The third-order valence-electron chi connectivity index (χ3n) is 2.52. The van der Waals surface area contributed by atoms with Gasteiger partial charge in [0.2, 0.25) is 0 Å². The fraction of sp³-hybridized carbons (Fsp3) is 0.250. The van der Waals surface area contributed by atoms with Gasteiger partial charge in [0.05, 0.1) is 18.2 Å². The number of thiophene rings is 1. The van der Waals surface area contributed by atoms with Gasteiger partial charge in [-0.15, -0.1) is 11.3 Å². The number of hydrogen-bond donors (Lipinski definition) is 1. The van der Waals surface area contributed by atoms with Crippen LogP contribution >= 0.6 is 22.9 Å². The molecular formula is C12H13ClN2OS. The largest absolute Gasteiger partial charge is 0.495 e. The molecule has 2 heterocycles. The van der Waals surface area contributed by atoms with E-state index >= 15 is 0 Å². The van der Waals surface area contributed by atoms with Gasteiger partial charge in [-0.05, 0) is 30.0 Å². The average Bonchev–Trinajstić information content (AvgIpc) is 2.69. The van der Waals surface area contributed by atoms with Crippen molar-refractivity contribution in [2.45, 2.75) is 13.0 Å².